The lowest BCUT2D eigenvalue weighted by Crippen LogP contribution is -2.31. The monoisotopic (exact) mass is 275 g/mol. The van der Waals surface area contributed by atoms with Gasteiger partial charge in [0.2, 0.25) is 0 Å². The third kappa shape index (κ3) is 3.06. The smallest absolute Gasteiger partial charge is 0.120 e. The van der Waals surface area contributed by atoms with Crippen molar-refractivity contribution in [3.05, 3.63) is 34.9 Å². The Hall–Kier alpha value is -1.70. The minimum Gasteiger partial charge on any atom is -0.392 e. The number of benzene rings is 1. The molecule has 0 saturated heterocycles. The minimum absolute atomic E-state index is 0.0407. The average molecular weight is 275 g/mol. The predicted molar refractivity (Wildman–Crippen MR) is 75.7 cm³/mol. The number of nitriles is 1. The second-order valence-electron chi connectivity index (χ2n) is 5.24. The predicted octanol–water partition coefficient (Wildman–Crippen LogP) is 2.07. The molecule has 2 N–H and O–H groups in total. The summed E-state index contributed by atoms with van der Waals surface area (Å²) in [4.78, 5) is 10.7. The second-order valence-corrected chi connectivity index (χ2v) is 5.24. The summed E-state index contributed by atoms with van der Waals surface area (Å²) in [6, 6.07) is 7.65. The molecule has 4 nitrogen and oxygen atoms in total. The van der Waals surface area contributed by atoms with Crippen LogP contribution in [0.15, 0.2) is 18.2 Å². The number of carbonyl (C=O) groups excluding carboxylic acids is 1. The molecule has 20 heavy (non-hydrogen) atoms. The number of aliphatic hydroxyl groups excluding tert-OH is 2. The van der Waals surface area contributed by atoms with Gasteiger partial charge in [-0.2, -0.15) is 5.26 Å². The summed E-state index contributed by atoms with van der Waals surface area (Å²) < 4.78 is 0. The van der Waals surface area contributed by atoms with Gasteiger partial charge in [-0.3, -0.25) is 0 Å². The van der Waals surface area contributed by atoms with Crippen LogP contribution in [0.5, 0.6) is 0 Å². The summed E-state index contributed by atoms with van der Waals surface area (Å²) >= 11 is 0. The van der Waals surface area contributed by atoms with Crippen LogP contribution in [0.2, 0.25) is 0 Å². The van der Waals surface area contributed by atoms with Gasteiger partial charge in [0.25, 0.3) is 0 Å². The first-order valence-electron chi connectivity index (χ1n) is 6.74. The molecule has 0 aliphatic rings. The Balaban J connectivity index is 3.34. The van der Waals surface area contributed by atoms with E-state index in [4.69, 9.17) is 0 Å². The van der Waals surface area contributed by atoms with E-state index in [0.29, 0.717) is 24.0 Å². The molecule has 0 aromatic heterocycles. The van der Waals surface area contributed by atoms with Crippen LogP contribution in [0.25, 0.3) is 0 Å². The summed E-state index contributed by atoms with van der Waals surface area (Å²) in [6.45, 7) is 3.57. The van der Waals surface area contributed by atoms with E-state index in [-0.39, 0.29) is 19.1 Å². The van der Waals surface area contributed by atoms with Crippen molar-refractivity contribution in [1.29, 1.82) is 5.26 Å². The lowest BCUT2D eigenvalue weighted by Gasteiger charge is -2.31. The summed E-state index contributed by atoms with van der Waals surface area (Å²) in [5, 5.41) is 28.2. The summed E-state index contributed by atoms with van der Waals surface area (Å²) in [7, 11) is 0. The molecule has 4 heteroatoms. The van der Waals surface area contributed by atoms with Crippen molar-refractivity contribution >= 4 is 6.29 Å². The van der Waals surface area contributed by atoms with Crippen molar-refractivity contribution in [2.75, 3.05) is 0 Å². The Kier molecular flexibility index (Phi) is 5.87. The topological polar surface area (TPSA) is 81.3 Å². The Morgan fingerprint density at radius 3 is 2.40 bits per heavy atom. The van der Waals surface area contributed by atoms with Crippen molar-refractivity contribution in [2.45, 2.75) is 45.3 Å². The lowest BCUT2D eigenvalue weighted by atomic mass is 9.69. The fourth-order valence-corrected chi connectivity index (χ4v) is 2.51. The van der Waals surface area contributed by atoms with Gasteiger partial charge in [0.1, 0.15) is 6.29 Å². The minimum atomic E-state index is -0.751. The molecule has 108 valence electrons. The molecule has 1 atom stereocenters. The third-order valence-corrected chi connectivity index (χ3v) is 3.90. The number of aliphatic hydroxyl groups is 2. The van der Waals surface area contributed by atoms with E-state index in [9.17, 15) is 20.3 Å². The number of hydrogen-bond donors (Lipinski definition) is 2. The Labute approximate surface area is 119 Å². The first-order chi connectivity index (χ1) is 9.55. The van der Waals surface area contributed by atoms with Gasteiger partial charge in [0.05, 0.1) is 24.7 Å². The summed E-state index contributed by atoms with van der Waals surface area (Å²) in [6.07, 6.45) is 1.60. The molecular formula is C16H21NO3. The van der Waals surface area contributed by atoms with Gasteiger partial charge in [0, 0.05) is 6.42 Å². The maximum Gasteiger partial charge on any atom is 0.120 e. The highest BCUT2D eigenvalue weighted by atomic mass is 16.3. The summed E-state index contributed by atoms with van der Waals surface area (Å²) in [5.74, 6) is 0.0407. The number of aldehydes is 1. The van der Waals surface area contributed by atoms with Crippen molar-refractivity contribution in [2.24, 2.45) is 5.92 Å². The van der Waals surface area contributed by atoms with Crippen LogP contribution in [0.1, 0.15) is 43.4 Å². The van der Waals surface area contributed by atoms with E-state index in [1.54, 1.807) is 18.2 Å². The van der Waals surface area contributed by atoms with E-state index < -0.39 is 5.41 Å². The Morgan fingerprint density at radius 1 is 1.30 bits per heavy atom. The fraction of sp³-hybridized carbons (Fsp3) is 0.500. The standard InChI is InChI=1S/C16H21NO3/c1-12(2)16(11-17,6-3-7-18)15-5-4-13(9-19)14(8-15)10-20/h4-5,7-8,12,19-20H,3,6,9-10H2,1-2H3. The molecule has 1 rings (SSSR count). The molecule has 0 spiro atoms. The highest BCUT2D eigenvalue weighted by molar-refractivity contribution is 5.51. The van der Waals surface area contributed by atoms with Gasteiger partial charge in [0.15, 0.2) is 0 Å². The average Bonchev–Trinajstić information content (AvgIpc) is 2.47. The molecule has 1 unspecified atom stereocenters. The van der Waals surface area contributed by atoms with Gasteiger partial charge in [-0.05, 0) is 29.0 Å². The Morgan fingerprint density at radius 2 is 1.95 bits per heavy atom. The van der Waals surface area contributed by atoms with E-state index >= 15 is 0 Å². The number of rotatable bonds is 7. The lowest BCUT2D eigenvalue weighted by molar-refractivity contribution is -0.108. The van der Waals surface area contributed by atoms with Crippen LogP contribution in [-0.4, -0.2) is 16.5 Å². The van der Waals surface area contributed by atoms with Crippen molar-refractivity contribution in [3.8, 4) is 6.07 Å². The molecule has 0 fully saturated rings. The SMILES string of the molecule is CC(C)C(C#N)(CCC=O)c1ccc(CO)c(CO)c1. The molecular weight excluding hydrogens is 254 g/mol. The zero-order chi connectivity index (χ0) is 15.2. The highest BCUT2D eigenvalue weighted by Gasteiger charge is 2.35. The van der Waals surface area contributed by atoms with Crippen LogP contribution in [0.4, 0.5) is 0 Å². The zero-order valence-electron chi connectivity index (χ0n) is 12.0. The molecule has 0 amide bonds. The molecule has 0 aliphatic heterocycles. The number of nitrogens with zero attached hydrogens (tertiary/aromatic N) is 1. The number of hydrogen-bond acceptors (Lipinski definition) is 4. The van der Waals surface area contributed by atoms with Gasteiger partial charge >= 0.3 is 0 Å². The molecule has 1 aromatic carbocycles. The summed E-state index contributed by atoms with van der Waals surface area (Å²) in [5.41, 5.74) is 1.32. The van der Waals surface area contributed by atoms with E-state index in [0.717, 1.165) is 11.8 Å². The van der Waals surface area contributed by atoms with Crippen molar-refractivity contribution in [3.63, 3.8) is 0 Å². The van der Waals surface area contributed by atoms with E-state index in [2.05, 4.69) is 6.07 Å². The van der Waals surface area contributed by atoms with Gasteiger partial charge in [-0.1, -0.05) is 32.0 Å². The fourth-order valence-electron chi connectivity index (χ4n) is 2.51. The van der Waals surface area contributed by atoms with Gasteiger partial charge in [-0.25, -0.2) is 0 Å². The van der Waals surface area contributed by atoms with Crippen molar-refractivity contribution < 1.29 is 15.0 Å². The first kappa shape index (κ1) is 16.4. The van der Waals surface area contributed by atoms with Gasteiger partial charge < -0.3 is 15.0 Å². The first-order valence-corrected chi connectivity index (χ1v) is 6.74. The quantitative estimate of drug-likeness (QED) is 0.746. The Bertz CT molecular complexity index is 505. The number of carbonyl (C=O) groups is 1. The van der Waals surface area contributed by atoms with Crippen molar-refractivity contribution in [1.82, 2.24) is 0 Å². The van der Waals surface area contributed by atoms with Crippen LogP contribution >= 0.6 is 0 Å². The molecule has 1 aromatic rings. The molecule has 0 bridgehead atoms. The van der Waals surface area contributed by atoms with Crippen LogP contribution in [0.3, 0.4) is 0 Å². The maximum atomic E-state index is 10.7. The normalized spacial score (nSPS) is 13.8. The zero-order valence-corrected chi connectivity index (χ0v) is 12.0. The highest BCUT2D eigenvalue weighted by Crippen LogP contribution is 2.37. The largest absolute Gasteiger partial charge is 0.392 e. The van der Waals surface area contributed by atoms with Crippen LogP contribution < -0.4 is 0 Å². The van der Waals surface area contributed by atoms with E-state index in [1.165, 1.54) is 0 Å². The van der Waals surface area contributed by atoms with Crippen LogP contribution in [-0.2, 0) is 23.4 Å². The van der Waals surface area contributed by atoms with Gasteiger partial charge in [-0.15, -0.1) is 0 Å². The maximum absolute atomic E-state index is 10.7. The second kappa shape index (κ2) is 7.18. The van der Waals surface area contributed by atoms with E-state index in [1.807, 2.05) is 13.8 Å². The molecule has 0 heterocycles. The molecule has 0 radical (unpaired) electrons. The van der Waals surface area contributed by atoms with Crippen LogP contribution in [0, 0.1) is 17.2 Å². The molecule has 0 aliphatic carbocycles. The third-order valence-electron chi connectivity index (χ3n) is 3.90. The molecule has 0 saturated carbocycles.